The van der Waals surface area contributed by atoms with Crippen molar-refractivity contribution in [1.29, 1.82) is 0 Å². The third-order valence-corrected chi connectivity index (χ3v) is 7.05. The van der Waals surface area contributed by atoms with E-state index in [4.69, 9.17) is 16.6 Å². The summed E-state index contributed by atoms with van der Waals surface area (Å²) < 4.78 is 2.88. The third-order valence-electron chi connectivity index (χ3n) is 5.95. The van der Waals surface area contributed by atoms with Gasteiger partial charge in [-0.3, -0.25) is 4.90 Å². The van der Waals surface area contributed by atoms with E-state index in [0.29, 0.717) is 10.3 Å². The highest BCUT2D eigenvalue weighted by molar-refractivity contribution is 7.15. The average Bonchev–Trinajstić information content (AvgIpc) is 3.42. The zero-order valence-corrected chi connectivity index (χ0v) is 19.3. The molecule has 1 aromatic carbocycles. The van der Waals surface area contributed by atoms with Crippen LogP contribution < -0.4 is 0 Å². The van der Waals surface area contributed by atoms with E-state index in [-0.39, 0.29) is 0 Å². The number of rotatable bonds is 5. The van der Waals surface area contributed by atoms with Crippen molar-refractivity contribution in [2.45, 2.75) is 26.1 Å². The molecule has 0 spiro atoms. The smallest absolute Gasteiger partial charge is 0.183 e. The number of halogens is 1. The fraction of sp³-hybridized carbons (Fsp3) is 0.208. The van der Waals surface area contributed by atoms with Crippen LogP contribution >= 0.6 is 22.9 Å². The number of fused-ring (bicyclic) bond motifs is 2. The second kappa shape index (κ2) is 8.62. The van der Waals surface area contributed by atoms with E-state index >= 15 is 0 Å². The van der Waals surface area contributed by atoms with Crippen LogP contribution in [0.25, 0.3) is 22.3 Å². The number of benzene rings is 1. The summed E-state index contributed by atoms with van der Waals surface area (Å²) in [5, 5.41) is 1.29. The predicted molar refractivity (Wildman–Crippen MR) is 129 cm³/mol. The molecule has 0 amide bonds. The van der Waals surface area contributed by atoms with Gasteiger partial charge in [0.1, 0.15) is 6.33 Å². The largest absolute Gasteiger partial charge is 0.342 e. The van der Waals surface area contributed by atoms with Crippen LogP contribution in [0.3, 0.4) is 0 Å². The van der Waals surface area contributed by atoms with Gasteiger partial charge in [0.2, 0.25) is 0 Å². The molecular weight excluding hydrogens is 454 g/mol. The van der Waals surface area contributed by atoms with Gasteiger partial charge in [0.15, 0.2) is 10.3 Å². The molecule has 33 heavy (non-hydrogen) atoms. The Morgan fingerprint density at radius 3 is 2.73 bits per heavy atom. The summed E-state index contributed by atoms with van der Waals surface area (Å²) in [4.78, 5) is 25.3. The van der Waals surface area contributed by atoms with Crippen molar-refractivity contribution in [3.8, 4) is 11.4 Å². The van der Waals surface area contributed by atoms with E-state index in [1.54, 1.807) is 12.4 Å². The fourth-order valence-electron chi connectivity index (χ4n) is 4.41. The molecule has 9 heteroatoms. The molecule has 4 aromatic heterocycles. The normalized spacial score (nSPS) is 14.0. The molecule has 1 aliphatic rings. The maximum Gasteiger partial charge on any atom is 0.183 e. The third kappa shape index (κ3) is 4.13. The summed E-state index contributed by atoms with van der Waals surface area (Å²) in [6.45, 7) is 3.45. The van der Waals surface area contributed by atoms with Crippen molar-refractivity contribution < 1.29 is 0 Å². The Balaban J connectivity index is 1.24. The Labute approximate surface area is 199 Å². The molecule has 5 aromatic rings. The first-order valence-corrected chi connectivity index (χ1v) is 11.9. The van der Waals surface area contributed by atoms with Gasteiger partial charge in [0.25, 0.3) is 0 Å². The highest BCUT2D eigenvalue weighted by atomic mass is 35.5. The fourth-order valence-corrected chi connectivity index (χ4v) is 5.39. The molecule has 0 unspecified atom stereocenters. The summed E-state index contributed by atoms with van der Waals surface area (Å²) in [5.41, 5.74) is 5.70. The molecule has 0 saturated carbocycles. The number of aromatic nitrogens is 6. The highest BCUT2D eigenvalue weighted by Gasteiger charge is 2.21. The Kier molecular flexibility index (Phi) is 5.33. The van der Waals surface area contributed by atoms with Gasteiger partial charge < -0.3 is 4.57 Å². The summed E-state index contributed by atoms with van der Waals surface area (Å²) >= 11 is 7.57. The first kappa shape index (κ1) is 20.4. The van der Waals surface area contributed by atoms with Crippen molar-refractivity contribution in [3.05, 3.63) is 87.7 Å². The topological polar surface area (TPSA) is 72.6 Å². The maximum absolute atomic E-state index is 6.04. The van der Waals surface area contributed by atoms with Gasteiger partial charge in [-0.1, -0.05) is 29.8 Å². The van der Waals surface area contributed by atoms with E-state index in [9.17, 15) is 0 Å². The Morgan fingerprint density at radius 2 is 1.88 bits per heavy atom. The van der Waals surface area contributed by atoms with Crippen LogP contribution in [0, 0.1) is 0 Å². The first-order chi connectivity index (χ1) is 16.2. The highest BCUT2D eigenvalue weighted by Crippen LogP contribution is 2.28. The van der Waals surface area contributed by atoms with Gasteiger partial charge >= 0.3 is 0 Å². The predicted octanol–water partition coefficient (Wildman–Crippen LogP) is 4.60. The van der Waals surface area contributed by atoms with Crippen LogP contribution in [0.15, 0.2) is 61.6 Å². The van der Waals surface area contributed by atoms with Crippen LogP contribution in [-0.4, -0.2) is 40.9 Å². The van der Waals surface area contributed by atoms with E-state index < -0.39 is 0 Å². The van der Waals surface area contributed by atoms with Gasteiger partial charge in [-0.25, -0.2) is 24.9 Å². The van der Waals surface area contributed by atoms with Crippen molar-refractivity contribution in [2.75, 3.05) is 6.54 Å². The monoisotopic (exact) mass is 473 g/mol. The van der Waals surface area contributed by atoms with Crippen LogP contribution in [0.1, 0.15) is 21.7 Å². The molecular formula is C24H20ClN7S. The molecule has 0 fully saturated rings. The summed E-state index contributed by atoms with van der Waals surface area (Å²) in [5.74, 6) is 0.689. The summed E-state index contributed by atoms with van der Waals surface area (Å²) in [6.07, 6.45) is 12.0. The second-order valence-corrected chi connectivity index (χ2v) is 9.83. The molecule has 0 aliphatic carbocycles. The number of thiazole rings is 1. The number of nitrogens with zero attached hydrogens (tertiary/aromatic N) is 7. The lowest BCUT2D eigenvalue weighted by Gasteiger charge is -2.27. The quantitative estimate of drug-likeness (QED) is 0.371. The molecule has 0 bridgehead atoms. The summed E-state index contributed by atoms with van der Waals surface area (Å²) in [6, 6.07) is 8.58. The molecule has 6 rings (SSSR count). The zero-order chi connectivity index (χ0) is 22.2. The van der Waals surface area contributed by atoms with Gasteiger partial charge in [-0.05, 0) is 11.6 Å². The van der Waals surface area contributed by atoms with Gasteiger partial charge in [0, 0.05) is 78.4 Å². The van der Waals surface area contributed by atoms with Crippen LogP contribution in [0.5, 0.6) is 0 Å². The van der Waals surface area contributed by atoms with E-state index in [1.807, 2.05) is 12.4 Å². The minimum absolute atomic E-state index is 0.582. The molecule has 1 aliphatic heterocycles. The number of hydrogen-bond donors (Lipinski definition) is 0. The lowest BCUT2D eigenvalue weighted by molar-refractivity contribution is 0.243. The van der Waals surface area contributed by atoms with E-state index in [1.165, 1.54) is 39.7 Å². The molecule has 7 nitrogen and oxygen atoms in total. The maximum atomic E-state index is 6.04. The molecule has 0 atom stereocenters. The van der Waals surface area contributed by atoms with Gasteiger partial charge in [-0.2, -0.15) is 0 Å². The lowest BCUT2D eigenvalue weighted by Crippen LogP contribution is -2.30. The van der Waals surface area contributed by atoms with Crippen molar-refractivity contribution in [2.24, 2.45) is 0 Å². The van der Waals surface area contributed by atoms with Crippen LogP contribution in [-0.2, 0) is 26.1 Å². The van der Waals surface area contributed by atoms with E-state index in [2.05, 4.69) is 59.9 Å². The Bertz CT molecular complexity index is 1430. The lowest BCUT2D eigenvalue weighted by atomic mass is 10.1. The van der Waals surface area contributed by atoms with Crippen LogP contribution in [0.4, 0.5) is 0 Å². The number of para-hydroxylation sites is 1. The van der Waals surface area contributed by atoms with Gasteiger partial charge in [0.05, 0.1) is 17.8 Å². The van der Waals surface area contributed by atoms with Crippen molar-refractivity contribution in [1.82, 2.24) is 34.4 Å². The zero-order valence-electron chi connectivity index (χ0n) is 17.7. The molecule has 0 saturated heterocycles. The van der Waals surface area contributed by atoms with Crippen molar-refractivity contribution in [3.63, 3.8) is 0 Å². The molecule has 164 valence electrons. The molecule has 0 radical (unpaired) electrons. The second-order valence-electron chi connectivity index (χ2n) is 8.13. The minimum atomic E-state index is 0.582. The van der Waals surface area contributed by atoms with Crippen molar-refractivity contribution >= 4 is 33.8 Å². The summed E-state index contributed by atoms with van der Waals surface area (Å²) in [7, 11) is 0. The Morgan fingerprint density at radius 1 is 1.00 bits per heavy atom. The van der Waals surface area contributed by atoms with Crippen LogP contribution in [0.2, 0.25) is 4.47 Å². The minimum Gasteiger partial charge on any atom is -0.342 e. The molecule has 0 N–H and O–H groups in total. The first-order valence-electron chi connectivity index (χ1n) is 10.7. The standard InChI is InChI=1S/C24H20ClN7S/c25-24-29-10-19(33-24)14-32-13-18(20-3-1-2-4-22(20)32)12-31-6-5-21-17(11-31)9-28-23(30-21)16-7-26-15-27-8-16/h1-4,7-10,13,15H,5-6,11-12,14H2. The van der Waals surface area contributed by atoms with E-state index in [0.717, 1.165) is 48.7 Å². The Hall–Kier alpha value is -3.20. The molecule has 5 heterocycles. The van der Waals surface area contributed by atoms with Gasteiger partial charge in [-0.15, -0.1) is 11.3 Å². The average molecular weight is 474 g/mol. The SMILES string of the molecule is Clc1ncc(Cn2cc(CN3CCc4nc(-c5cncnc5)ncc4C3)c3ccccc32)s1. The number of hydrogen-bond acceptors (Lipinski definition) is 7.